The zero-order chi connectivity index (χ0) is 17.4. The van der Waals surface area contributed by atoms with E-state index in [0.29, 0.717) is 6.61 Å². The lowest BCUT2D eigenvalue weighted by Gasteiger charge is -2.03. The van der Waals surface area contributed by atoms with E-state index in [1.54, 1.807) is 0 Å². The Morgan fingerprint density at radius 3 is 1.13 bits per heavy atom. The quantitative estimate of drug-likeness (QED) is 0.345. The Kier molecular flexibility index (Phi) is 29.2. The van der Waals surface area contributed by atoms with Crippen LogP contribution >= 0.6 is 0 Å². The van der Waals surface area contributed by atoms with Crippen LogP contribution in [0, 0.1) is 0 Å². The van der Waals surface area contributed by atoms with E-state index in [1.807, 2.05) is 0 Å². The molecule has 0 saturated carbocycles. The molecule has 0 fully saturated rings. The molecule has 0 aromatic carbocycles. The molecule has 3 nitrogen and oxygen atoms in total. The highest BCUT2D eigenvalue weighted by Gasteiger charge is 1.90. The van der Waals surface area contributed by atoms with Gasteiger partial charge in [-0.15, -0.1) is 0 Å². The molecular weight excluding hydrogens is 288 g/mol. The number of rotatable bonds is 17. The summed E-state index contributed by atoms with van der Waals surface area (Å²) in [6.07, 6.45) is 15.5. The summed E-state index contributed by atoms with van der Waals surface area (Å²) in [6.45, 7) is 10.1. The van der Waals surface area contributed by atoms with Gasteiger partial charge in [0.05, 0.1) is 13.2 Å². The van der Waals surface area contributed by atoms with E-state index in [-0.39, 0.29) is 6.61 Å². The van der Waals surface area contributed by atoms with Crippen molar-refractivity contribution < 1.29 is 14.6 Å². The standard InChI is InChI=1S/C12H26O.C8H18O2/c1-3-5-7-9-11-13-12-10-8-6-4-2;1-2-3-4-5-7-10-8-6-9/h3-12H2,1-2H3;9H,2-8H2,1H3. The van der Waals surface area contributed by atoms with Crippen LogP contribution in [0.25, 0.3) is 0 Å². The zero-order valence-electron chi connectivity index (χ0n) is 16.3. The number of ether oxygens (including phenoxy) is 2. The predicted octanol–water partition coefficient (Wildman–Crippen LogP) is 5.74. The zero-order valence-corrected chi connectivity index (χ0v) is 16.3. The van der Waals surface area contributed by atoms with Crippen molar-refractivity contribution in [3.05, 3.63) is 0 Å². The fourth-order valence-corrected chi connectivity index (χ4v) is 2.16. The molecule has 0 rings (SSSR count). The minimum atomic E-state index is 0.147. The third-order valence-corrected chi connectivity index (χ3v) is 3.66. The first-order valence-corrected chi connectivity index (χ1v) is 10.1. The van der Waals surface area contributed by atoms with Gasteiger partial charge in [-0.3, -0.25) is 0 Å². The average Bonchev–Trinajstić information content (AvgIpc) is 2.57. The highest BCUT2D eigenvalue weighted by Crippen LogP contribution is 2.01. The van der Waals surface area contributed by atoms with Crippen LogP contribution in [0.4, 0.5) is 0 Å². The van der Waals surface area contributed by atoms with E-state index in [1.165, 1.54) is 70.6 Å². The summed E-state index contributed by atoms with van der Waals surface area (Å²) < 4.78 is 10.6. The first kappa shape index (κ1) is 25.1. The molecular formula is C20H44O3. The molecule has 1 N–H and O–H groups in total. The van der Waals surface area contributed by atoms with Crippen molar-refractivity contribution in [3.63, 3.8) is 0 Å². The molecule has 0 radical (unpaired) electrons. The number of hydrogen-bond donors (Lipinski definition) is 1. The van der Waals surface area contributed by atoms with Gasteiger partial charge in [-0.05, 0) is 19.3 Å². The monoisotopic (exact) mass is 332 g/mol. The van der Waals surface area contributed by atoms with Crippen molar-refractivity contribution in [2.45, 2.75) is 97.8 Å². The van der Waals surface area contributed by atoms with Crippen molar-refractivity contribution in [2.24, 2.45) is 0 Å². The summed E-state index contributed by atoms with van der Waals surface area (Å²) in [5, 5.41) is 8.34. The van der Waals surface area contributed by atoms with E-state index in [0.717, 1.165) is 26.2 Å². The smallest absolute Gasteiger partial charge is 0.0697 e. The molecule has 0 aliphatic heterocycles. The van der Waals surface area contributed by atoms with Crippen LogP contribution < -0.4 is 0 Å². The number of aliphatic hydroxyl groups is 1. The lowest BCUT2D eigenvalue weighted by molar-refractivity contribution is 0.0896. The Morgan fingerprint density at radius 2 is 0.826 bits per heavy atom. The predicted molar refractivity (Wildman–Crippen MR) is 101 cm³/mol. The summed E-state index contributed by atoms with van der Waals surface area (Å²) in [6, 6.07) is 0. The normalized spacial score (nSPS) is 10.4. The molecule has 0 aromatic heterocycles. The number of unbranched alkanes of at least 4 members (excludes halogenated alkanes) is 9. The molecule has 0 bridgehead atoms. The molecule has 23 heavy (non-hydrogen) atoms. The van der Waals surface area contributed by atoms with E-state index in [4.69, 9.17) is 14.6 Å². The molecule has 0 unspecified atom stereocenters. The van der Waals surface area contributed by atoms with Gasteiger partial charge in [-0.2, -0.15) is 0 Å². The number of hydrogen-bond acceptors (Lipinski definition) is 3. The minimum absolute atomic E-state index is 0.147. The van der Waals surface area contributed by atoms with Crippen molar-refractivity contribution in [3.8, 4) is 0 Å². The topological polar surface area (TPSA) is 38.7 Å². The van der Waals surface area contributed by atoms with Gasteiger partial charge in [0, 0.05) is 19.8 Å². The molecule has 0 aliphatic rings. The maximum atomic E-state index is 8.34. The fraction of sp³-hybridized carbons (Fsp3) is 1.00. The second-order valence-electron chi connectivity index (χ2n) is 6.13. The van der Waals surface area contributed by atoms with Gasteiger partial charge in [-0.1, -0.05) is 78.6 Å². The molecule has 0 aliphatic carbocycles. The highest BCUT2D eigenvalue weighted by atomic mass is 16.5. The van der Waals surface area contributed by atoms with Crippen molar-refractivity contribution in [1.29, 1.82) is 0 Å². The second-order valence-corrected chi connectivity index (χ2v) is 6.13. The molecule has 0 spiro atoms. The van der Waals surface area contributed by atoms with Gasteiger partial charge in [0.1, 0.15) is 0 Å². The summed E-state index contributed by atoms with van der Waals surface area (Å²) in [4.78, 5) is 0. The summed E-state index contributed by atoms with van der Waals surface area (Å²) in [5.41, 5.74) is 0. The SMILES string of the molecule is CCCCCCOCCCCCC.CCCCCCOCCO. The Bertz CT molecular complexity index is 156. The third kappa shape index (κ3) is 30.3. The third-order valence-electron chi connectivity index (χ3n) is 3.66. The Hall–Kier alpha value is -0.120. The van der Waals surface area contributed by atoms with E-state index in [2.05, 4.69) is 20.8 Å². The summed E-state index contributed by atoms with van der Waals surface area (Å²) >= 11 is 0. The lowest BCUT2D eigenvalue weighted by atomic mass is 10.2. The first-order valence-electron chi connectivity index (χ1n) is 10.1. The van der Waals surface area contributed by atoms with Crippen LogP contribution in [0.1, 0.15) is 97.8 Å². The van der Waals surface area contributed by atoms with Crippen molar-refractivity contribution >= 4 is 0 Å². The molecule has 142 valence electrons. The van der Waals surface area contributed by atoms with Crippen LogP contribution in [0.15, 0.2) is 0 Å². The van der Waals surface area contributed by atoms with Crippen LogP contribution in [-0.2, 0) is 9.47 Å². The Balaban J connectivity index is 0. The van der Waals surface area contributed by atoms with Gasteiger partial charge < -0.3 is 14.6 Å². The largest absolute Gasteiger partial charge is 0.394 e. The van der Waals surface area contributed by atoms with Crippen LogP contribution in [0.2, 0.25) is 0 Å². The molecule has 0 atom stereocenters. The molecule has 0 amide bonds. The van der Waals surface area contributed by atoms with Crippen molar-refractivity contribution in [1.82, 2.24) is 0 Å². The summed E-state index contributed by atoms with van der Waals surface area (Å²) in [5.74, 6) is 0. The van der Waals surface area contributed by atoms with E-state index >= 15 is 0 Å². The molecule has 0 heterocycles. The molecule has 3 heteroatoms. The van der Waals surface area contributed by atoms with Gasteiger partial charge in [0.15, 0.2) is 0 Å². The van der Waals surface area contributed by atoms with Gasteiger partial charge in [-0.25, -0.2) is 0 Å². The van der Waals surface area contributed by atoms with Crippen LogP contribution in [0.5, 0.6) is 0 Å². The van der Waals surface area contributed by atoms with Gasteiger partial charge in [0.2, 0.25) is 0 Å². The Morgan fingerprint density at radius 1 is 0.478 bits per heavy atom. The number of aliphatic hydroxyl groups excluding tert-OH is 1. The molecule has 0 aromatic rings. The summed E-state index contributed by atoms with van der Waals surface area (Å²) in [7, 11) is 0. The van der Waals surface area contributed by atoms with Gasteiger partial charge in [0.25, 0.3) is 0 Å². The molecule has 0 saturated heterocycles. The first-order chi connectivity index (χ1) is 11.3. The van der Waals surface area contributed by atoms with Crippen LogP contribution in [-0.4, -0.2) is 38.1 Å². The van der Waals surface area contributed by atoms with E-state index in [9.17, 15) is 0 Å². The fourth-order valence-electron chi connectivity index (χ4n) is 2.16. The maximum absolute atomic E-state index is 8.34. The van der Waals surface area contributed by atoms with Crippen molar-refractivity contribution in [2.75, 3.05) is 33.0 Å². The second kappa shape index (κ2) is 26.8. The highest BCUT2D eigenvalue weighted by molar-refractivity contribution is 4.42. The Labute approximate surface area is 146 Å². The maximum Gasteiger partial charge on any atom is 0.0697 e. The van der Waals surface area contributed by atoms with Crippen LogP contribution in [0.3, 0.4) is 0 Å². The minimum Gasteiger partial charge on any atom is -0.394 e. The van der Waals surface area contributed by atoms with Gasteiger partial charge >= 0.3 is 0 Å². The van der Waals surface area contributed by atoms with E-state index < -0.39 is 0 Å². The lowest BCUT2D eigenvalue weighted by Crippen LogP contribution is -2.00. The average molecular weight is 333 g/mol.